The van der Waals surface area contributed by atoms with Crippen molar-refractivity contribution in [2.24, 2.45) is 0 Å². The number of benzene rings is 3. The maximum absolute atomic E-state index is 13.0. The van der Waals surface area contributed by atoms with Crippen LogP contribution in [0.1, 0.15) is 41.6 Å². The minimum absolute atomic E-state index is 0.224. The first-order valence-electron chi connectivity index (χ1n) is 11.5. The van der Waals surface area contributed by atoms with Gasteiger partial charge in [0.15, 0.2) is 21.3 Å². The second-order valence-corrected chi connectivity index (χ2v) is 10.6. The molecular weight excluding hydrogens is 466 g/mol. The fraction of sp³-hybridized carbons (Fsp3) is 0.296. The van der Waals surface area contributed by atoms with Crippen LogP contribution in [0.4, 0.5) is 5.69 Å². The van der Waals surface area contributed by atoms with Crippen LogP contribution < -0.4 is 19.5 Å². The summed E-state index contributed by atoms with van der Waals surface area (Å²) in [6.07, 6.45) is 3.21. The minimum Gasteiger partial charge on any atom is -0.493 e. The fourth-order valence-electron chi connectivity index (χ4n) is 4.23. The Labute approximate surface area is 206 Å². The number of amides is 1. The molecule has 0 spiro atoms. The van der Waals surface area contributed by atoms with E-state index in [0.29, 0.717) is 42.4 Å². The molecule has 0 radical (unpaired) electrons. The van der Waals surface area contributed by atoms with Crippen LogP contribution in [0.2, 0.25) is 0 Å². The Kier molecular flexibility index (Phi) is 7.60. The molecule has 1 fully saturated rings. The highest BCUT2D eigenvalue weighted by Crippen LogP contribution is 2.39. The summed E-state index contributed by atoms with van der Waals surface area (Å²) >= 11 is 0. The van der Waals surface area contributed by atoms with Crippen molar-refractivity contribution in [2.45, 2.75) is 42.4 Å². The molecule has 0 aromatic heterocycles. The summed E-state index contributed by atoms with van der Waals surface area (Å²) in [5.74, 6) is 0.665. The van der Waals surface area contributed by atoms with Crippen LogP contribution in [0.3, 0.4) is 0 Å². The van der Waals surface area contributed by atoms with E-state index in [1.54, 1.807) is 30.3 Å². The quantitative estimate of drug-likeness (QED) is 0.436. The Balaban J connectivity index is 1.54. The molecular formula is C27H29NO6S. The molecule has 1 aliphatic carbocycles. The summed E-state index contributed by atoms with van der Waals surface area (Å²) in [4.78, 5) is 13.3. The van der Waals surface area contributed by atoms with Gasteiger partial charge in [0, 0.05) is 11.3 Å². The van der Waals surface area contributed by atoms with E-state index < -0.39 is 15.7 Å². The molecule has 0 aliphatic heterocycles. The summed E-state index contributed by atoms with van der Waals surface area (Å²) in [5, 5.41) is 2.43. The van der Waals surface area contributed by atoms with Crippen molar-refractivity contribution in [1.82, 2.24) is 0 Å². The highest BCUT2D eigenvalue weighted by molar-refractivity contribution is 7.92. The van der Waals surface area contributed by atoms with Crippen LogP contribution in [0, 0.1) is 0 Å². The van der Waals surface area contributed by atoms with Gasteiger partial charge in [-0.2, -0.15) is 0 Å². The normalized spacial score (nSPS) is 13.9. The third kappa shape index (κ3) is 5.59. The van der Waals surface area contributed by atoms with Crippen LogP contribution in [0.15, 0.2) is 71.6 Å². The maximum Gasteiger partial charge on any atom is 0.255 e. The monoisotopic (exact) mass is 495 g/mol. The van der Waals surface area contributed by atoms with Crippen molar-refractivity contribution in [3.05, 3.63) is 77.9 Å². The molecule has 4 rings (SSSR count). The Bertz CT molecular complexity index is 1260. The smallest absolute Gasteiger partial charge is 0.255 e. The summed E-state index contributed by atoms with van der Waals surface area (Å²) in [5.41, 5.74) is 1.66. The molecule has 1 aliphatic rings. The van der Waals surface area contributed by atoms with E-state index in [1.807, 2.05) is 30.3 Å². The van der Waals surface area contributed by atoms with Gasteiger partial charge in [-0.25, -0.2) is 8.42 Å². The van der Waals surface area contributed by atoms with E-state index in [1.165, 1.54) is 20.3 Å². The number of ether oxygens (including phenoxy) is 3. The standard InChI is InChI=1S/C27H29NO6S/c1-32-24-15-20(16-25(33-2)26(24)34-18-19-9-4-3-5-10-19)27(29)28-21-11-8-14-23(17-21)35(30,31)22-12-6-7-13-22/h3-5,8-11,14-17,22H,6-7,12-13,18H2,1-2H3,(H,28,29). The lowest BCUT2D eigenvalue weighted by molar-refractivity contribution is 0.102. The highest BCUT2D eigenvalue weighted by Gasteiger charge is 2.30. The first-order valence-corrected chi connectivity index (χ1v) is 13.0. The third-order valence-electron chi connectivity index (χ3n) is 6.11. The molecule has 3 aromatic rings. The van der Waals surface area contributed by atoms with Gasteiger partial charge >= 0.3 is 0 Å². The molecule has 1 amide bonds. The van der Waals surface area contributed by atoms with Gasteiger partial charge in [-0.05, 0) is 48.7 Å². The number of carbonyl (C=O) groups excluding carboxylic acids is 1. The van der Waals surface area contributed by atoms with Gasteiger partial charge in [-0.3, -0.25) is 4.79 Å². The molecule has 1 saturated carbocycles. The molecule has 8 heteroatoms. The van der Waals surface area contributed by atoms with Gasteiger partial charge in [0.25, 0.3) is 5.91 Å². The number of methoxy groups -OCH3 is 2. The van der Waals surface area contributed by atoms with E-state index in [-0.39, 0.29) is 15.7 Å². The molecule has 0 unspecified atom stereocenters. The van der Waals surface area contributed by atoms with E-state index in [2.05, 4.69) is 5.32 Å². The van der Waals surface area contributed by atoms with Crippen LogP contribution in [0.25, 0.3) is 0 Å². The predicted molar refractivity (Wildman–Crippen MR) is 134 cm³/mol. The molecule has 1 N–H and O–H groups in total. The molecule has 0 heterocycles. The van der Waals surface area contributed by atoms with Crippen molar-refractivity contribution in [1.29, 1.82) is 0 Å². The number of hydrogen-bond acceptors (Lipinski definition) is 6. The number of anilines is 1. The number of hydrogen-bond donors (Lipinski definition) is 1. The topological polar surface area (TPSA) is 90.9 Å². The molecule has 0 atom stereocenters. The van der Waals surface area contributed by atoms with Crippen molar-refractivity contribution in [2.75, 3.05) is 19.5 Å². The molecule has 0 bridgehead atoms. The number of rotatable bonds is 9. The molecule has 3 aromatic carbocycles. The van der Waals surface area contributed by atoms with E-state index >= 15 is 0 Å². The summed E-state index contributed by atoms with van der Waals surface area (Å²) in [6.45, 7) is 0.307. The average Bonchev–Trinajstić information content (AvgIpc) is 3.44. The SMILES string of the molecule is COc1cc(C(=O)Nc2cccc(S(=O)(=O)C3CCCC3)c2)cc(OC)c1OCc1ccccc1. The highest BCUT2D eigenvalue weighted by atomic mass is 32.2. The summed E-state index contributed by atoms with van der Waals surface area (Å²) < 4.78 is 42.8. The van der Waals surface area contributed by atoms with Crippen LogP contribution in [-0.4, -0.2) is 33.8 Å². The zero-order valence-electron chi connectivity index (χ0n) is 19.8. The number of carbonyl (C=O) groups is 1. The second kappa shape index (κ2) is 10.8. The Hall–Kier alpha value is -3.52. The van der Waals surface area contributed by atoms with Crippen molar-refractivity contribution in [3.8, 4) is 17.2 Å². The maximum atomic E-state index is 13.0. The van der Waals surface area contributed by atoms with Crippen LogP contribution >= 0.6 is 0 Å². The first kappa shape index (κ1) is 24.6. The molecule has 184 valence electrons. The summed E-state index contributed by atoms with van der Waals surface area (Å²) in [6, 6.07) is 19.2. The molecule has 0 saturated heterocycles. The average molecular weight is 496 g/mol. The minimum atomic E-state index is -3.43. The summed E-state index contributed by atoms with van der Waals surface area (Å²) in [7, 11) is -0.447. The third-order valence-corrected chi connectivity index (χ3v) is 8.37. The lowest BCUT2D eigenvalue weighted by Crippen LogP contribution is -2.18. The van der Waals surface area contributed by atoms with Gasteiger partial charge in [0.2, 0.25) is 5.75 Å². The Morgan fingerprint density at radius 3 is 2.20 bits per heavy atom. The van der Waals surface area contributed by atoms with Gasteiger partial charge < -0.3 is 19.5 Å². The van der Waals surface area contributed by atoms with Crippen LogP contribution in [-0.2, 0) is 16.4 Å². The predicted octanol–water partition coefficient (Wildman–Crippen LogP) is 5.25. The van der Waals surface area contributed by atoms with Crippen molar-refractivity contribution in [3.63, 3.8) is 0 Å². The Morgan fingerprint density at radius 2 is 1.57 bits per heavy atom. The lowest BCUT2D eigenvalue weighted by Gasteiger charge is -2.16. The van der Waals surface area contributed by atoms with E-state index in [9.17, 15) is 13.2 Å². The van der Waals surface area contributed by atoms with E-state index in [4.69, 9.17) is 14.2 Å². The number of nitrogens with one attached hydrogen (secondary N) is 1. The first-order chi connectivity index (χ1) is 16.9. The van der Waals surface area contributed by atoms with Crippen LogP contribution in [0.5, 0.6) is 17.2 Å². The Morgan fingerprint density at radius 1 is 0.914 bits per heavy atom. The second-order valence-electron chi connectivity index (χ2n) is 8.42. The van der Waals surface area contributed by atoms with Crippen molar-refractivity contribution < 1.29 is 27.4 Å². The van der Waals surface area contributed by atoms with Gasteiger partial charge in [0.05, 0.1) is 24.4 Å². The van der Waals surface area contributed by atoms with E-state index in [0.717, 1.165) is 18.4 Å². The zero-order valence-corrected chi connectivity index (χ0v) is 20.6. The van der Waals surface area contributed by atoms with Crippen molar-refractivity contribution >= 4 is 21.4 Å². The van der Waals surface area contributed by atoms with Gasteiger partial charge in [-0.15, -0.1) is 0 Å². The largest absolute Gasteiger partial charge is 0.493 e. The van der Waals surface area contributed by atoms with Gasteiger partial charge in [-0.1, -0.05) is 49.2 Å². The molecule has 35 heavy (non-hydrogen) atoms. The van der Waals surface area contributed by atoms with Gasteiger partial charge in [0.1, 0.15) is 6.61 Å². The fourth-order valence-corrected chi connectivity index (χ4v) is 6.13. The zero-order chi connectivity index (χ0) is 24.8. The lowest BCUT2D eigenvalue weighted by atomic mass is 10.1. The molecule has 7 nitrogen and oxygen atoms in total. The number of sulfone groups is 1.